The summed E-state index contributed by atoms with van der Waals surface area (Å²) in [4.78, 5) is 16.8. The minimum Gasteiger partial charge on any atom is -0.459 e. The molecule has 1 fully saturated rings. The Labute approximate surface area is 196 Å². The fourth-order valence-electron chi connectivity index (χ4n) is 5.02. The van der Waals surface area contributed by atoms with Crippen molar-refractivity contribution in [3.63, 3.8) is 0 Å². The van der Waals surface area contributed by atoms with Gasteiger partial charge in [0.05, 0.1) is 25.5 Å². The standard InChI is InChI=1S/C25H26N2O5S/c28-24(19-5-3-11-30-19)26-25-22(17-4-1-2-6-21(17)33-25)23(27-9-12-29-13-10-27)16-7-8-18-20(14-16)32-15-31-18/h3,5,7-8,11,14,23H,1-2,4,6,9-10,12-13,15H2,(H,26,28). The summed E-state index contributed by atoms with van der Waals surface area (Å²) in [6.45, 7) is 3.30. The predicted octanol–water partition coefficient (Wildman–Crippen LogP) is 4.62. The summed E-state index contributed by atoms with van der Waals surface area (Å²) in [6, 6.07) is 9.63. The van der Waals surface area contributed by atoms with Crippen LogP contribution >= 0.6 is 11.3 Å². The van der Waals surface area contributed by atoms with Crippen LogP contribution in [0.5, 0.6) is 11.5 Å². The summed E-state index contributed by atoms with van der Waals surface area (Å²) in [7, 11) is 0. The van der Waals surface area contributed by atoms with Gasteiger partial charge in [-0.05, 0) is 61.1 Å². The van der Waals surface area contributed by atoms with E-state index in [9.17, 15) is 4.79 Å². The number of thiophene rings is 1. The predicted molar refractivity (Wildman–Crippen MR) is 124 cm³/mol. The zero-order chi connectivity index (χ0) is 22.2. The van der Waals surface area contributed by atoms with Crippen LogP contribution in [-0.4, -0.2) is 43.9 Å². The molecule has 2 aromatic heterocycles. The largest absolute Gasteiger partial charge is 0.459 e. The molecule has 0 radical (unpaired) electrons. The lowest BCUT2D eigenvalue weighted by Crippen LogP contribution is -2.40. The second-order valence-corrected chi connectivity index (χ2v) is 9.65. The minimum atomic E-state index is -0.216. The molecule has 1 saturated heterocycles. The number of hydrogen-bond donors (Lipinski definition) is 1. The Balaban J connectivity index is 1.46. The Morgan fingerprint density at radius 3 is 2.76 bits per heavy atom. The molecule has 0 bridgehead atoms. The summed E-state index contributed by atoms with van der Waals surface area (Å²) in [6.07, 6.45) is 5.96. The molecule has 7 nitrogen and oxygen atoms in total. The molecule has 8 heteroatoms. The quantitative estimate of drug-likeness (QED) is 0.592. The average Bonchev–Trinajstić information content (AvgIpc) is 3.60. The third-order valence-electron chi connectivity index (χ3n) is 6.58. The first kappa shape index (κ1) is 20.8. The summed E-state index contributed by atoms with van der Waals surface area (Å²) in [5.74, 6) is 1.65. The zero-order valence-electron chi connectivity index (χ0n) is 18.3. The fourth-order valence-corrected chi connectivity index (χ4v) is 6.34. The van der Waals surface area contributed by atoms with Crippen LogP contribution in [0.2, 0.25) is 0 Å². The smallest absolute Gasteiger partial charge is 0.291 e. The van der Waals surface area contributed by atoms with Gasteiger partial charge in [0.2, 0.25) is 6.79 Å². The van der Waals surface area contributed by atoms with Gasteiger partial charge in [-0.2, -0.15) is 0 Å². The molecule has 2 aliphatic heterocycles. The molecular formula is C25H26N2O5S. The number of ether oxygens (including phenoxy) is 3. The van der Waals surface area contributed by atoms with Crippen molar-refractivity contribution in [1.29, 1.82) is 0 Å². The van der Waals surface area contributed by atoms with E-state index in [1.165, 1.54) is 35.1 Å². The number of amides is 1. The Kier molecular flexibility index (Phi) is 5.57. The number of furan rings is 1. The van der Waals surface area contributed by atoms with E-state index in [0.717, 1.165) is 48.0 Å². The number of benzene rings is 1. The lowest BCUT2D eigenvalue weighted by molar-refractivity contribution is 0.0239. The van der Waals surface area contributed by atoms with Crippen molar-refractivity contribution in [2.45, 2.75) is 31.7 Å². The number of fused-ring (bicyclic) bond motifs is 2. The molecule has 1 unspecified atom stereocenters. The van der Waals surface area contributed by atoms with Gasteiger partial charge in [-0.15, -0.1) is 11.3 Å². The number of anilines is 1. The summed E-state index contributed by atoms with van der Waals surface area (Å²) >= 11 is 1.71. The molecule has 3 aromatic rings. The highest BCUT2D eigenvalue weighted by atomic mass is 32.1. The highest BCUT2D eigenvalue weighted by Crippen LogP contribution is 2.47. The third kappa shape index (κ3) is 3.92. The van der Waals surface area contributed by atoms with Gasteiger partial charge in [0.1, 0.15) is 5.00 Å². The van der Waals surface area contributed by atoms with E-state index in [-0.39, 0.29) is 18.7 Å². The van der Waals surface area contributed by atoms with Gasteiger partial charge in [-0.25, -0.2) is 0 Å². The van der Waals surface area contributed by atoms with Gasteiger partial charge in [0, 0.05) is 23.5 Å². The van der Waals surface area contributed by atoms with Gasteiger partial charge >= 0.3 is 0 Å². The molecule has 1 atom stereocenters. The topological polar surface area (TPSA) is 73.2 Å². The average molecular weight is 467 g/mol. The second-order valence-electron chi connectivity index (χ2n) is 8.55. The molecule has 0 spiro atoms. The lowest BCUT2D eigenvalue weighted by atomic mass is 9.88. The Hall–Kier alpha value is -2.81. The Morgan fingerprint density at radius 1 is 1.06 bits per heavy atom. The third-order valence-corrected chi connectivity index (χ3v) is 7.80. The number of hydrogen-bond acceptors (Lipinski definition) is 7. The van der Waals surface area contributed by atoms with E-state index in [4.69, 9.17) is 18.6 Å². The highest BCUT2D eigenvalue weighted by Gasteiger charge is 2.34. The number of carbonyl (C=O) groups excluding carboxylic acids is 1. The SMILES string of the molecule is O=C(Nc1sc2c(c1C(c1ccc3c(c1)OCO3)N1CCOCC1)CCCC2)c1ccco1. The number of aryl methyl sites for hydroxylation is 1. The fraction of sp³-hybridized carbons (Fsp3) is 0.400. The molecule has 1 N–H and O–H groups in total. The molecule has 33 heavy (non-hydrogen) atoms. The minimum absolute atomic E-state index is 0.00611. The summed E-state index contributed by atoms with van der Waals surface area (Å²) < 4.78 is 22.3. The van der Waals surface area contributed by atoms with Crippen LogP contribution in [0.3, 0.4) is 0 Å². The number of nitrogens with one attached hydrogen (secondary N) is 1. The Bertz CT molecular complexity index is 1150. The number of carbonyl (C=O) groups is 1. The van der Waals surface area contributed by atoms with Crippen molar-refractivity contribution >= 4 is 22.2 Å². The molecule has 1 aromatic carbocycles. The van der Waals surface area contributed by atoms with Crippen LogP contribution in [0.15, 0.2) is 41.0 Å². The van der Waals surface area contributed by atoms with Gasteiger partial charge in [-0.3, -0.25) is 9.69 Å². The van der Waals surface area contributed by atoms with Gasteiger partial charge < -0.3 is 23.9 Å². The van der Waals surface area contributed by atoms with E-state index >= 15 is 0 Å². The molecule has 1 amide bonds. The first-order valence-electron chi connectivity index (χ1n) is 11.5. The second kappa shape index (κ2) is 8.85. The zero-order valence-corrected chi connectivity index (χ0v) is 19.1. The monoisotopic (exact) mass is 466 g/mol. The van der Waals surface area contributed by atoms with Crippen LogP contribution in [-0.2, 0) is 17.6 Å². The van der Waals surface area contributed by atoms with Gasteiger partial charge in [-0.1, -0.05) is 6.07 Å². The summed E-state index contributed by atoms with van der Waals surface area (Å²) in [5.41, 5.74) is 3.73. The molecule has 3 aliphatic rings. The molecule has 172 valence electrons. The maximum atomic E-state index is 13.0. The van der Waals surface area contributed by atoms with Crippen molar-refractivity contribution in [2.24, 2.45) is 0 Å². The van der Waals surface area contributed by atoms with Crippen molar-refractivity contribution in [3.05, 3.63) is 63.9 Å². The molecule has 1 aliphatic carbocycles. The van der Waals surface area contributed by atoms with E-state index in [1.54, 1.807) is 23.5 Å². The maximum absolute atomic E-state index is 13.0. The summed E-state index contributed by atoms with van der Waals surface area (Å²) in [5, 5.41) is 4.10. The molecule has 6 rings (SSSR count). The maximum Gasteiger partial charge on any atom is 0.291 e. The van der Waals surface area contributed by atoms with E-state index in [2.05, 4.69) is 22.3 Å². The number of morpholine rings is 1. The van der Waals surface area contributed by atoms with Gasteiger partial charge in [0.25, 0.3) is 5.91 Å². The van der Waals surface area contributed by atoms with E-state index < -0.39 is 0 Å². The first-order valence-corrected chi connectivity index (χ1v) is 12.3. The Morgan fingerprint density at radius 2 is 1.91 bits per heavy atom. The van der Waals surface area contributed by atoms with Gasteiger partial charge in [0.15, 0.2) is 17.3 Å². The van der Waals surface area contributed by atoms with E-state index in [1.807, 2.05) is 6.07 Å². The van der Waals surface area contributed by atoms with Crippen LogP contribution < -0.4 is 14.8 Å². The highest BCUT2D eigenvalue weighted by molar-refractivity contribution is 7.16. The number of nitrogens with zero attached hydrogens (tertiary/aromatic N) is 1. The number of rotatable bonds is 5. The molecular weight excluding hydrogens is 440 g/mol. The van der Waals surface area contributed by atoms with Crippen LogP contribution in [0, 0.1) is 0 Å². The van der Waals surface area contributed by atoms with Crippen LogP contribution in [0.25, 0.3) is 0 Å². The van der Waals surface area contributed by atoms with Crippen LogP contribution in [0.4, 0.5) is 5.00 Å². The molecule has 4 heterocycles. The van der Waals surface area contributed by atoms with Crippen molar-refractivity contribution in [2.75, 3.05) is 38.4 Å². The van der Waals surface area contributed by atoms with Crippen molar-refractivity contribution in [1.82, 2.24) is 4.90 Å². The van der Waals surface area contributed by atoms with Crippen molar-refractivity contribution in [3.8, 4) is 11.5 Å². The van der Waals surface area contributed by atoms with E-state index in [0.29, 0.717) is 19.0 Å². The van der Waals surface area contributed by atoms with Crippen molar-refractivity contribution < 1.29 is 23.4 Å². The lowest BCUT2D eigenvalue weighted by Gasteiger charge is -2.36. The molecule has 0 saturated carbocycles. The van der Waals surface area contributed by atoms with Crippen LogP contribution in [0.1, 0.15) is 51.0 Å². The first-order chi connectivity index (χ1) is 16.3. The normalized spacial score (nSPS) is 18.7.